The van der Waals surface area contributed by atoms with Crippen molar-refractivity contribution in [2.75, 3.05) is 5.32 Å². The Hall–Kier alpha value is -2.60. The number of benzene rings is 2. The van der Waals surface area contributed by atoms with E-state index in [2.05, 4.69) is 5.32 Å². The summed E-state index contributed by atoms with van der Waals surface area (Å²) in [7, 11) is 0. The van der Waals surface area contributed by atoms with Gasteiger partial charge in [0.2, 0.25) is 0 Å². The molecule has 0 bridgehead atoms. The second-order valence-corrected chi connectivity index (χ2v) is 4.39. The third-order valence-electron chi connectivity index (χ3n) is 2.44. The van der Waals surface area contributed by atoms with Crippen molar-refractivity contribution in [3.05, 3.63) is 54.1 Å². The lowest BCUT2D eigenvalue weighted by Gasteiger charge is -2.08. The van der Waals surface area contributed by atoms with Crippen molar-refractivity contribution in [2.24, 2.45) is 5.73 Å². The molecule has 0 spiro atoms. The van der Waals surface area contributed by atoms with Crippen LogP contribution < -0.4 is 15.8 Å². The normalized spacial score (nSPS) is 9.80. The van der Waals surface area contributed by atoms with Gasteiger partial charge in [-0.15, -0.1) is 0 Å². The van der Waals surface area contributed by atoms with E-state index >= 15 is 0 Å². The van der Waals surface area contributed by atoms with Crippen molar-refractivity contribution in [1.82, 2.24) is 0 Å². The van der Waals surface area contributed by atoms with Crippen LogP contribution >= 0.6 is 12.2 Å². The highest BCUT2D eigenvalue weighted by Crippen LogP contribution is 2.23. The van der Waals surface area contributed by atoms with E-state index in [9.17, 15) is 4.79 Å². The van der Waals surface area contributed by atoms with Crippen LogP contribution in [0.5, 0.6) is 11.5 Å². The summed E-state index contributed by atoms with van der Waals surface area (Å²) in [5.41, 5.74) is 6.29. The van der Waals surface area contributed by atoms with Gasteiger partial charge in [0.05, 0.1) is 5.56 Å². The second-order valence-electron chi connectivity index (χ2n) is 3.95. The molecule has 5 nitrogen and oxygen atoms in total. The molecule has 0 aromatic heterocycles. The minimum atomic E-state index is -0.994. The first kappa shape index (κ1) is 13.8. The number of carboxylic acid groups (broad SMARTS) is 1. The molecule has 0 aliphatic rings. The maximum atomic E-state index is 10.9. The van der Waals surface area contributed by atoms with E-state index in [1.54, 1.807) is 36.4 Å². The highest BCUT2D eigenvalue weighted by Gasteiger charge is 2.04. The summed E-state index contributed by atoms with van der Waals surface area (Å²) in [5, 5.41) is 11.9. The monoisotopic (exact) mass is 288 g/mol. The largest absolute Gasteiger partial charge is 0.478 e. The van der Waals surface area contributed by atoms with E-state index in [1.165, 1.54) is 12.1 Å². The number of nitrogens with two attached hydrogens (primary N) is 1. The zero-order valence-electron chi connectivity index (χ0n) is 10.4. The van der Waals surface area contributed by atoms with Gasteiger partial charge in [-0.3, -0.25) is 0 Å². The van der Waals surface area contributed by atoms with E-state index in [4.69, 9.17) is 27.8 Å². The number of nitrogens with one attached hydrogen (secondary N) is 1. The van der Waals surface area contributed by atoms with Crippen LogP contribution in [0.4, 0.5) is 5.69 Å². The van der Waals surface area contributed by atoms with Crippen LogP contribution in [0.1, 0.15) is 10.4 Å². The molecule has 0 aliphatic carbocycles. The molecule has 2 rings (SSSR count). The fourth-order valence-corrected chi connectivity index (χ4v) is 1.70. The topological polar surface area (TPSA) is 84.6 Å². The number of hydrogen-bond acceptors (Lipinski definition) is 3. The lowest BCUT2D eigenvalue weighted by molar-refractivity contribution is 0.0696. The van der Waals surface area contributed by atoms with Gasteiger partial charge in [-0.2, -0.15) is 0 Å². The van der Waals surface area contributed by atoms with E-state index in [0.29, 0.717) is 11.5 Å². The number of hydrogen-bond donors (Lipinski definition) is 3. The van der Waals surface area contributed by atoms with Gasteiger partial charge in [0.15, 0.2) is 5.11 Å². The lowest BCUT2D eigenvalue weighted by atomic mass is 10.2. The van der Waals surface area contributed by atoms with E-state index in [1.807, 2.05) is 0 Å². The summed E-state index contributed by atoms with van der Waals surface area (Å²) in [5.74, 6) is 0.0486. The highest BCUT2D eigenvalue weighted by atomic mass is 32.1. The molecular weight excluding hydrogens is 276 g/mol. The Morgan fingerprint density at radius 2 is 1.85 bits per heavy atom. The van der Waals surface area contributed by atoms with Gasteiger partial charge >= 0.3 is 5.97 Å². The van der Waals surface area contributed by atoms with Crippen LogP contribution in [0.3, 0.4) is 0 Å². The molecule has 0 fully saturated rings. The molecule has 4 N–H and O–H groups in total. The number of carboxylic acids is 1. The summed E-state index contributed by atoms with van der Waals surface area (Å²) >= 11 is 4.73. The maximum Gasteiger partial charge on any atom is 0.335 e. The highest BCUT2D eigenvalue weighted by molar-refractivity contribution is 7.80. The Kier molecular flexibility index (Phi) is 4.17. The van der Waals surface area contributed by atoms with Crippen molar-refractivity contribution in [1.29, 1.82) is 0 Å². The summed E-state index contributed by atoms with van der Waals surface area (Å²) < 4.78 is 5.57. The molecule has 0 unspecified atom stereocenters. The van der Waals surface area contributed by atoms with E-state index in [-0.39, 0.29) is 10.7 Å². The number of anilines is 1. The smallest absolute Gasteiger partial charge is 0.335 e. The van der Waals surface area contributed by atoms with E-state index < -0.39 is 5.97 Å². The Morgan fingerprint density at radius 1 is 1.15 bits per heavy atom. The summed E-state index contributed by atoms with van der Waals surface area (Å²) in [6.07, 6.45) is 0. The molecule has 0 heterocycles. The third kappa shape index (κ3) is 3.69. The van der Waals surface area contributed by atoms with Crippen LogP contribution in [0.15, 0.2) is 48.5 Å². The molecule has 0 aliphatic heterocycles. The molecule has 2 aromatic carbocycles. The molecule has 0 amide bonds. The number of thiocarbonyl (C=S) groups is 1. The Bertz CT molecular complexity index is 641. The number of rotatable bonds is 4. The maximum absolute atomic E-state index is 10.9. The molecule has 6 heteroatoms. The van der Waals surface area contributed by atoms with Crippen molar-refractivity contribution >= 4 is 29.0 Å². The minimum Gasteiger partial charge on any atom is -0.478 e. The predicted molar refractivity (Wildman–Crippen MR) is 80.3 cm³/mol. The first-order valence-electron chi connectivity index (χ1n) is 5.72. The van der Waals surface area contributed by atoms with Gasteiger partial charge in [0, 0.05) is 5.69 Å². The molecule has 0 atom stereocenters. The number of ether oxygens (including phenoxy) is 1. The van der Waals surface area contributed by atoms with Crippen LogP contribution in [0.25, 0.3) is 0 Å². The standard InChI is InChI=1S/C14H12N2O3S/c15-14(20)16-10-4-6-11(7-5-10)19-12-3-1-2-9(8-12)13(17)18/h1-8H,(H,17,18)(H3,15,16,20). The summed E-state index contributed by atoms with van der Waals surface area (Å²) in [6.45, 7) is 0. The lowest BCUT2D eigenvalue weighted by Crippen LogP contribution is -2.18. The van der Waals surface area contributed by atoms with E-state index in [0.717, 1.165) is 5.69 Å². The van der Waals surface area contributed by atoms with Gasteiger partial charge in [0.25, 0.3) is 0 Å². The molecule has 102 valence electrons. The van der Waals surface area contributed by atoms with Gasteiger partial charge in [0.1, 0.15) is 11.5 Å². The van der Waals surface area contributed by atoms with Crippen molar-refractivity contribution in [3.63, 3.8) is 0 Å². The van der Waals surface area contributed by atoms with Crippen molar-refractivity contribution in [3.8, 4) is 11.5 Å². The first-order chi connectivity index (χ1) is 9.54. The first-order valence-corrected chi connectivity index (χ1v) is 6.13. The van der Waals surface area contributed by atoms with Gasteiger partial charge in [-0.05, 0) is 54.7 Å². The van der Waals surface area contributed by atoms with Crippen molar-refractivity contribution < 1.29 is 14.6 Å². The van der Waals surface area contributed by atoms with Gasteiger partial charge < -0.3 is 20.9 Å². The average molecular weight is 288 g/mol. The average Bonchev–Trinajstić information content (AvgIpc) is 2.41. The molecule has 0 radical (unpaired) electrons. The Morgan fingerprint density at radius 3 is 2.45 bits per heavy atom. The van der Waals surface area contributed by atoms with Gasteiger partial charge in [-0.1, -0.05) is 6.07 Å². The molecule has 2 aromatic rings. The Labute approximate surface area is 121 Å². The Balaban J connectivity index is 2.11. The number of carbonyl (C=O) groups is 1. The van der Waals surface area contributed by atoms with Crippen LogP contribution in [-0.4, -0.2) is 16.2 Å². The second kappa shape index (κ2) is 6.03. The summed E-state index contributed by atoms with van der Waals surface area (Å²) in [4.78, 5) is 10.9. The predicted octanol–water partition coefficient (Wildman–Crippen LogP) is 2.83. The molecule has 0 saturated carbocycles. The third-order valence-corrected chi connectivity index (χ3v) is 2.54. The number of aromatic carboxylic acids is 1. The van der Waals surface area contributed by atoms with Crippen LogP contribution in [0, 0.1) is 0 Å². The molecule has 0 saturated heterocycles. The van der Waals surface area contributed by atoms with Crippen LogP contribution in [-0.2, 0) is 0 Å². The quantitative estimate of drug-likeness (QED) is 0.750. The van der Waals surface area contributed by atoms with Gasteiger partial charge in [-0.25, -0.2) is 4.79 Å². The molecular formula is C14H12N2O3S. The van der Waals surface area contributed by atoms with Crippen LogP contribution in [0.2, 0.25) is 0 Å². The zero-order chi connectivity index (χ0) is 14.5. The SMILES string of the molecule is NC(=S)Nc1ccc(Oc2cccc(C(=O)O)c2)cc1. The van der Waals surface area contributed by atoms with Crippen molar-refractivity contribution in [2.45, 2.75) is 0 Å². The summed E-state index contributed by atoms with van der Waals surface area (Å²) in [6, 6.07) is 13.3. The molecule has 20 heavy (non-hydrogen) atoms. The fraction of sp³-hybridized carbons (Fsp3) is 0. The fourth-order valence-electron chi connectivity index (χ4n) is 1.58. The zero-order valence-corrected chi connectivity index (χ0v) is 11.2. The minimum absolute atomic E-state index is 0.175.